The summed E-state index contributed by atoms with van der Waals surface area (Å²) < 4.78 is 26.2. The van der Waals surface area contributed by atoms with Gasteiger partial charge in [0.05, 0.1) is 10.6 Å². The molecule has 0 amide bonds. The van der Waals surface area contributed by atoms with Gasteiger partial charge in [-0.15, -0.1) is 0 Å². The average molecular weight is 407 g/mol. The fraction of sp³-hybridized carbons (Fsp3) is 0.739. The van der Waals surface area contributed by atoms with Gasteiger partial charge in [0.1, 0.15) is 0 Å². The maximum absolute atomic E-state index is 13.1. The highest BCUT2D eigenvalue weighted by molar-refractivity contribution is 7.91. The second-order valence-corrected chi connectivity index (χ2v) is 10.8. The molecule has 4 nitrogen and oxygen atoms in total. The van der Waals surface area contributed by atoms with Crippen molar-refractivity contribution in [3.63, 3.8) is 0 Å². The molecule has 1 aromatic rings. The molecule has 0 saturated carbocycles. The third kappa shape index (κ3) is 5.80. The average Bonchev–Trinajstić information content (AvgIpc) is 2.74. The van der Waals surface area contributed by atoms with Crippen LogP contribution in [0.25, 0.3) is 0 Å². The van der Waals surface area contributed by atoms with Crippen LogP contribution in [0.3, 0.4) is 0 Å². The predicted octanol–water partition coefficient (Wildman–Crippen LogP) is 4.07. The topological polar surface area (TPSA) is 40.6 Å². The highest BCUT2D eigenvalue weighted by Crippen LogP contribution is 2.25. The first-order valence-electron chi connectivity index (χ1n) is 11.3. The number of hydrogen-bond acceptors (Lipinski definition) is 4. The zero-order valence-corrected chi connectivity index (χ0v) is 18.5. The molecule has 5 heteroatoms. The van der Waals surface area contributed by atoms with Crippen LogP contribution in [0, 0.1) is 11.8 Å². The number of benzene rings is 1. The van der Waals surface area contributed by atoms with Crippen molar-refractivity contribution < 1.29 is 8.42 Å². The van der Waals surface area contributed by atoms with Crippen LogP contribution in [0.15, 0.2) is 35.2 Å². The van der Waals surface area contributed by atoms with E-state index in [4.69, 9.17) is 0 Å². The molecule has 0 N–H and O–H groups in total. The molecular formula is C23H38N2O2S. The van der Waals surface area contributed by atoms with Crippen LogP contribution in [-0.4, -0.2) is 62.7 Å². The first-order chi connectivity index (χ1) is 13.5. The summed E-state index contributed by atoms with van der Waals surface area (Å²) in [6.07, 6.45) is 7.43. The molecule has 0 aliphatic carbocycles. The summed E-state index contributed by atoms with van der Waals surface area (Å²) in [4.78, 5) is 5.45. The van der Waals surface area contributed by atoms with E-state index < -0.39 is 9.84 Å². The van der Waals surface area contributed by atoms with Crippen molar-refractivity contribution >= 4 is 9.84 Å². The molecule has 0 bridgehead atoms. The van der Waals surface area contributed by atoms with Crippen LogP contribution >= 0.6 is 0 Å². The van der Waals surface area contributed by atoms with Crippen molar-refractivity contribution in [1.29, 1.82) is 0 Å². The lowest BCUT2D eigenvalue weighted by Gasteiger charge is -2.41. The van der Waals surface area contributed by atoms with E-state index in [-0.39, 0.29) is 11.8 Å². The van der Waals surface area contributed by atoms with E-state index in [1.54, 1.807) is 12.1 Å². The second kappa shape index (κ2) is 10.2. The Morgan fingerprint density at radius 1 is 0.893 bits per heavy atom. The Hall–Kier alpha value is -0.910. The lowest BCUT2D eigenvalue weighted by molar-refractivity contribution is 0.0918. The van der Waals surface area contributed by atoms with Crippen LogP contribution in [0.2, 0.25) is 0 Å². The minimum atomic E-state index is -3.26. The Bertz CT molecular complexity index is 676. The monoisotopic (exact) mass is 406 g/mol. The van der Waals surface area contributed by atoms with Crippen molar-refractivity contribution in [3.8, 4) is 0 Å². The Kier molecular flexibility index (Phi) is 7.95. The van der Waals surface area contributed by atoms with E-state index in [1.165, 1.54) is 38.5 Å². The normalized spacial score (nSPS) is 22.4. The van der Waals surface area contributed by atoms with Gasteiger partial charge in [-0.05, 0) is 75.8 Å². The van der Waals surface area contributed by atoms with Crippen molar-refractivity contribution in [2.45, 2.75) is 63.3 Å². The number of rotatable bonds is 8. The quantitative estimate of drug-likeness (QED) is 0.652. The van der Waals surface area contributed by atoms with Gasteiger partial charge >= 0.3 is 0 Å². The number of piperidine rings is 2. The lowest BCUT2D eigenvalue weighted by Crippen LogP contribution is -2.51. The van der Waals surface area contributed by atoms with Crippen LogP contribution in [0.1, 0.15) is 52.4 Å². The molecule has 2 fully saturated rings. The first-order valence-corrected chi connectivity index (χ1v) is 12.9. The molecule has 1 aromatic carbocycles. The Morgan fingerprint density at radius 2 is 1.43 bits per heavy atom. The number of likely N-dealkylation sites (tertiary alicyclic amines) is 2. The lowest BCUT2D eigenvalue weighted by atomic mass is 9.93. The zero-order valence-electron chi connectivity index (χ0n) is 17.7. The number of nitrogens with zero attached hydrogens (tertiary/aromatic N) is 2. The Morgan fingerprint density at radius 3 is 1.96 bits per heavy atom. The van der Waals surface area contributed by atoms with Crippen LogP contribution < -0.4 is 0 Å². The highest BCUT2D eigenvalue weighted by Gasteiger charge is 2.31. The summed E-state index contributed by atoms with van der Waals surface area (Å²) in [5.74, 6) is 1.90. The largest absolute Gasteiger partial charge is 0.302 e. The molecule has 2 aliphatic heterocycles. The third-order valence-corrected chi connectivity index (χ3v) is 8.82. The summed E-state index contributed by atoms with van der Waals surface area (Å²) in [5.41, 5.74) is 0. The van der Waals surface area contributed by atoms with E-state index >= 15 is 0 Å². The van der Waals surface area contributed by atoms with Gasteiger partial charge in [-0.3, -0.25) is 4.90 Å². The van der Waals surface area contributed by atoms with Gasteiger partial charge < -0.3 is 4.90 Å². The molecule has 2 heterocycles. The predicted molar refractivity (Wildman–Crippen MR) is 116 cm³/mol. The number of sulfone groups is 1. The molecule has 0 spiro atoms. The first kappa shape index (κ1) is 21.8. The van der Waals surface area contributed by atoms with E-state index in [9.17, 15) is 8.42 Å². The molecule has 1 unspecified atom stereocenters. The van der Waals surface area contributed by atoms with Gasteiger partial charge in [0, 0.05) is 12.6 Å². The molecule has 3 rings (SSSR count). The van der Waals surface area contributed by atoms with Crippen LogP contribution in [0.5, 0.6) is 0 Å². The third-order valence-electron chi connectivity index (χ3n) is 7.01. The van der Waals surface area contributed by atoms with Gasteiger partial charge in [0.25, 0.3) is 0 Å². The SMILES string of the molecule is CCC1CCN(CC(CS(=O)(=O)c2ccccc2)N2CCC(CC)CC2)CC1. The fourth-order valence-electron chi connectivity index (χ4n) is 4.85. The van der Waals surface area contributed by atoms with Gasteiger partial charge in [0.15, 0.2) is 9.84 Å². The fourth-order valence-corrected chi connectivity index (χ4v) is 6.44. The molecular weight excluding hydrogens is 368 g/mol. The molecule has 158 valence electrons. The van der Waals surface area contributed by atoms with E-state index in [0.717, 1.165) is 44.6 Å². The zero-order chi connectivity index (χ0) is 20.0. The van der Waals surface area contributed by atoms with Gasteiger partial charge in [-0.1, -0.05) is 44.9 Å². The summed E-state index contributed by atoms with van der Waals surface area (Å²) in [6.45, 7) is 9.76. The van der Waals surface area contributed by atoms with Crippen LogP contribution in [-0.2, 0) is 9.84 Å². The Labute approximate surface area is 172 Å². The van der Waals surface area contributed by atoms with Gasteiger partial charge in [0.2, 0.25) is 0 Å². The molecule has 0 aromatic heterocycles. The standard InChI is InChI=1S/C23H38N2O2S/c1-3-20-10-14-24(15-11-20)18-22(25-16-12-21(4-2)13-17-25)19-28(26,27)23-8-6-5-7-9-23/h5-9,20-22H,3-4,10-19H2,1-2H3. The van der Waals surface area contributed by atoms with Crippen molar-refractivity contribution in [3.05, 3.63) is 30.3 Å². The highest BCUT2D eigenvalue weighted by atomic mass is 32.2. The summed E-state index contributed by atoms with van der Waals surface area (Å²) in [5, 5.41) is 0. The summed E-state index contributed by atoms with van der Waals surface area (Å²) in [6, 6.07) is 9.10. The minimum absolute atomic E-state index is 0.0983. The Balaban J connectivity index is 1.69. The molecule has 2 saturated heterocycles. The maximum Gasteiger partial charge on any atom is 0.179 e. The maximum atomic E-state index is 13.1. The smallest absolute Gasteiger partial charge is 0.179 e. The van der Waals surface area contributed by atoms with Crippen molar-refractivity contribution in [2.24, 2.45) is 11.8 Å². The summed E-state index contributed by atoms with van der Waals surface area (Å²) in [7, 11) is -3.26. The van der Waals surface area contributed by atoms with Crippen molar-refractivity contribution in [2.75, 3.05) is 38.5 Å². The van der Waals surface area contributed by atoms with Crippen LogP contribution in [0.4, 0.5) is 0 Å². The van der Waals surface area contributed by atoms with Gasteiger partial charge in [-0.25, -0.2) is 8.42 Å². The molecule has 1 atom stereocenters. The molecule has 28 heavy (non-hydrogen) atoms. The van der Waals surface area contributed by atoms with Crippen molar-refractivity contribution in [1.82, 2.24) is 9.80 Å². The van der Waals surface area contributed by atoms with E-state index in [1.807, 2.05) is 18.2 Å². The van der Waals surface area contributed by atoms with Gasteiger partial charge in [-0.2, -0.15) is 0 Å². The second-order valence-electron chi connectivity index (χ2n) is 8.79. The van der Waals surface area contributed by atoms with E-state index in [2.05, 4.69) is 23.6 Å². The number of hydrogen-bond donors (Lipinski definition) is 0. The van der Waals surface area contributed by atoms with E-state index in [0.29, 0.717) is 4.90 Å². The minimum Gasteiger partial charge on any atom is -0.302 e. The molecule has 2 aliphatic rings. The summed E-state index contributed by atoms with van der Waals surface area (Å²) >= 11 is 0. The molecule has 0 radical (unpaired) electrons.